The van der Waals surface area contributed by atoms with E-state index in [2.05, 4.69) is 0 Å². The number of nitrogens with one attached hydrogen (secondary N) is 1. The molecule has 0 aliphatic carbocycles. The number of carbonyl (C=O) groups excluding carboxylic acids is 1. The van der Waals surface area contributed by atoms with Gasteiger partial charge in [0.1, 0.15) is 16.3 Å². The van der Waals surface area contributed by atoms with E-state index in [0.29, 0.717) is 9.88 Å². The molecular weight excluding hydrogens is 473 g/mol. The van der Waals surface area contributed by atoms with Gasteiger partial charge in [0.25, 0.3) is 10.0 Å². The van der Waals surface area contributed by atoms with Crippen LogP contribution in [0.1, 0.15) is 25.0 Å². The third-order valence-corrected chi connectivity index (χ3v) is 8.02. The van der Waals surface area contributed by atoms with Crippen LogP contribution in [0.15, 0.2) is 53.4 Å². The quantitative estimate of drug-likeness (QED) is 0.477. The average Bonchev–Trinajstić information content (AvgIpc) is 2.94. The SMILES string of the molecule is Cc1ccc(S(=O)(=O)NC(=O)N([O-])[C@@H]2N(CCc3ccccc3F)C(=S)SC2(C)C)cc1. The molecule has 0 unspecified atom stereocenters. The van der Waals surface area contributed by atoms with Gasteiger partial charge in [0.2, 0.25) is 0 Å². The zero-order valence-electron chi connectivity index (χ0n) is 17.7. The number of thiocarbonyl (C=S) groups is 1. The van der Waals surface area contributed by atoms with Gasteiger partial charge in [-0.05, 0) is 51.0 Å². The average molecular weight is 497 g/mol. The lowest BCUT2D eigenvalue weighted by molar-refractivity contribution is 0.136. The van der Waals surface area contributed by atoms with Gasteiger partial charge in [0, 0.05) is 6.54 Å². The number of carbonyl (C=O) groups is 1. The fraction of sp³-hybridized carbons (Fsp3) is 0.333. The number of nitrogens with zero attached hydrogens (tertiary/aromatic N) is 2. The molecule has 0 saturated carbocycles. The Morgan fingerprint density at radius 3 is 2.50 bits per heavy atom. The van der Waals surface area contributed by atoms with Crippen LogP contribution in [0.4, 0.5) is 9.18 Å². The molecule has 1 saturated heterocycles. The Bertz CT molecular complexity index is 1120. The number of amides is 2. The summed E-state index contributed by atoms with van der Waals surface area (Å²) in [7, 11) is -4.23. The van der Waals surface area contributed by atoms with Crippen molar-refractivity contribution in [3.8, 4) is 0 Å². The summed E-state index contributed by atoms with van der Waals surface area (Å²) in [5, 5.41) is 13.1. The Hall–Kier alpha value is -2.21. The Kier molecular flexibility index (Phi) is 7.13. The first kappa shape index (κ1) is 24.4. The van der Waals surface area contributed by atoms with Crippen LogP contribution in [0.2, 0.25) is 0 Å². The van der Waals surface area contributed by atoms with Crippen molar-refractivity contribution in [2.45, 2.75) is 43.0 Å². The van der Waals surface area contributed by atoms with Crippen molar-refractivity contribution in [3.05, 3.63) is 70.7 Å². The summed E-state index contributed by atoms with van der Waals surface area (Å²) in [6, 6.07) is 10.8. The number of sulfonamides is 1. The second-order valence-electron chi connectivity index (χ2n) is 7.93. The Labute approximate surface area is 196 Å². The van der Waals surface area contributed by atoms with Crippen molar-refractivity contribution in [1.29, 1.82) is 0 Å². The highest BCUT2D eigenvalue weighted by molar-refractivity contribution is 8.24. The highest BCUT2D eigenvalue weighted by Gasteiger charge is 2.46. The van der Waals surface area contributed by atoms with Gasteiger partial charge in [-0.15, -0.1) is 0 Å². The third-order valence-electron chi connectivity index (χ3n) is 5.06. The first-order valence-corrected chi connectivity index (χ1v) is 12.5. The van der Waals surface area contributed by atoms with E-state index < -0.39 is 27.0 Å². The number of rotatable bonds is 6. The molecule has 3 rings (SSSR count). The van der Waals surface area contributed by atoms with Crippen LogP contribution in [-0.4, -0.2) is 46.2 Å². The molecule has 1 atom stereocenters. The van der Waals surface area contributed by atoms with Gasteiger partial charge in [-0.25, -0.2) is 22.3 Å². The molecule has 172 valence electrons. The maximum absolute atomic E-state index is 14.0. The molecular formula is C21H23FN3O4S3-. The number of urea groups is 1. The first-order chi connectivity index (χ1) is 14.9. The molecule has 1 aliphatic heterocycles. The molecule has 0 bridgehead atoms. The predicted octanol–water partition coefficient (Wildman–Crippen LogP) is 4.01. The van der Waals surface area contributed by atoms with Crippen LogP contribution in [0, 0.1) is 17.9 Å². The highest BCUT2D eigenvalue weighted by Crippen LogP contribution is 2.42. The number of hydrogen-bond acceptors (Lipinski definition) is 6. The number of hydrogen-bond donors (Lipinski definition) is 1. The van der Waals surface area contributed by atoms with Crippen LogP contribution < -0.4 is 4.72 Å². The van der Waals surface area contributed by atoms with E-state index in [4.69, 9.17) is 12.2 Å². The summed E-state index contributed by atoms with van der Waals surface area (Å²) < 4.78 is 40.5. The molecule has 7 nitrogen and oxygen atoms in total. The number of aryl methyl sites for hydroxylation is 1. The summed E-state index contributed by atoms with van der Waals surface area (Å²) in [5.74, 6) is -0.373. The van der Waals surface area contributed by atoms with Crippen LogP contribution in [0.5, 0.6) is 0 Å². The fourth-order valence-electron chi connectivity index (χ4n) is 3.42. The van der Waals surface area contributed by atoms with Gasteiger partial charge < -0.3 is 15.2 Å². The highest BCUT2D eigenvalue weighted by atomic mass is 32.2. The van der Waals surface area contributed by atoms with E-state index in [1.54, 1.807) is 51.1 Å². The first-order valence-electron chi connectivity index (χ1n) is 9.75. The monoisotopic (exact) mass is 496 g/mol. The van der Waals surface area contributed by atoms with Gasteiger partial charge in [-0.3, -0.25) is 0 Å². The standard InChI is InChI=1S/C21H23FN3O4S3/c1-14-8-10-16(11-9-14)32(28,29)23-19(26)25(27)18-21(2,3)31-20(30)24(18)13-12-15-6-4-5-7-17(15)22/h4-11,18H,12-13H2,1-3H3,(H,23,26)/q-1/t18-/m0/s1. The van der Waals surface area contributed by atoms with Crippen LogP contribution in [0.3, 0.4) is 0 Å². The van der Waals surface area contributed by atoms with Crippen molar-refractivity contribution in [1.82, 2.24) is 14.7 Å². The van der Waals surface area contributed by atoms with Crippen molar-refractivity contribution in [2.75, 3.05) is 6.54 Å². The molecule has 1 heterocycles. The van der Waals surface area contributed by atoms with E-state index in [0.717, 1.165) is 5.56 Å². The molecule has 2 amide bonds. The lowest BCUT2D eigenvalue weighted by atomic mass is 10.1. The Morgan fingerprint density at radius 1 is 1.25 bits per heavy atom. The number of benzene rings is 2. The number of hydroxylamine groups is 2. The number of halogens is 1. The summed E-state index contributed by atoms with van der Waals surface area (Å²) in [6.07, 6.45) is -0.808. The van der Waals surface area contributed by atoms with Crippen molar-refractivity contribution in [2.24, 2.45) is 0 Å². The van der Waals surface area contributed by atoms with Crippen LogP contribution in [-0.2, 0) is 16.4 Å². The lowest BCUT2D eigenvalue weighted by Gasteiger charge is -2.44. The molecule has 1 aliphatic rings. The minimum Gasteiger partial charge on any atom is -0.753 e. The van der Waals surface area contributed by atoms with Gasteiger partial charge in [0.05, 0.1) is 9.64 Å². The zero-order valence-corrected chi connectivity index (χ0v) is 20.2. The summed E-state index contributed by atoms with van der Waals surface area (Å²) in [4.78, 5) is 14.0. The van der Waals surface area contributed by atoms with Gasteiger partial charge in [-0.1, -0.05) is 59.9 Å². The molecule has 0 spiro atoms. The van der Waals surface area contributed by atoms with E-state index in [9.17, 15) is 22.8 Å². The van der Waals surface area contributed by atoms with Crippen molar-refractivity contribution in [3.63, 3.8) is 0 Å². The second kappa shape index (κ2) is 9.34. The van der Waals surface area contributed by atoms with Crippen molar-refractivity contribution < 1.29 is 17.6 Å². The zero-order chi connectivity index (χ0) is 23.7. The van der Waals surface area contributed by atoms with E-state index in [1.165, 1.54) is 34.9 Å². The maximum Gasteiger partial charge on any atom is 0.322 e. The van der Waals surface area contributed by atoms with Gasteiger partial charge in [-0.2, -0.15) is 0 Å². The summed E-state index contributed by atoms with van der Waals surface area (Å²) in [5.41, 5.74) is 1.30. The fourth-order valence-corrected chi connectivity index (χ4v) is 6.28. The van der Waals surface area contributed by atoms with Crippen molar-refractivity contribution >= 4 is 44.4 Å². The minimum atomic E-state index is -4.23. The van der Waals surface area contributed by atoms with E-state index in [-0.39, 0.29) is 28.7 Å². The Morgan fingerprint density at radius 2 is 1.88 bits per heavy atom. The third kappa shape index (κ3) is 5.22. The van der Waals surface area contributed by atoms with Crippen LogP contribution in [0.25, 0.3) is 0 Å². The Balaban J connectivity index is 1.78. The largest absolute Gasteiger partial charge is 0.753 e. The molecule has 2 aromatic carbocycles. The van der Waals surface area contributed by atoms with E-state index in [1.807, 2.05) is 4.72 Å². The normalized spacial score (nSPS) is 18.0. The molecule has 1 N–H and O–H groups in total. The van der Waals surface area contributed by atoms with E-state index >= 15 is 0 Å². The second-order valence-corrected chi connectivity index (χ2v) is 11.9. The predicted molar refractivity (Wildman–Crippen MR) is 127 cm³/mol. The lowest BCUT2D eigenvalue weighted by Crippen LogP contribution is -2.56. The maximum atomic E-state index is 14.0. The molecule has 2 aromatic rings. The number of thioether (sulfide) groups is 1. The van der Waals surface area contributed by atoms with Gasteiger partial charge >= 0.3 is 6.03 Å². The minimum absolute atomic E-state index is 0.0966. The smallest absolute Gasteiger partial charge is 0.322 e. The molecule has 11 heteroatoms. The molecule has 0 aromatic heterocycles. The van der Waals surface area contributed by atoms with Gasteiger partial charge in [0.15, 0.2) is 0 Å². The summed E-state index contributed by atoms with van der Waals surface area (Å²) >= 11 is 6.63. The topological polar surface area (TPSA) is 92.8 Å². The molecule has 32 heavy (non-hydrogen) atoms. The summed E-state index contributed by atoms with van der Waals surface area (Å²) in [6.45, 7) is 5.47. The van der Waals surface area contributed by atoms with Crippen LogP contribution >= 0.6 is 24.0 Å². The molecule has 0 radical (unpaired) electrons. The molecule has 1 fully saturated rings.